The largest absolute Gasteiger partial charge is 0.364 e. The topological polar surface area (TPSA) is 55.3 Å². The van der Waals surface area contributed by atoms with Crippen LogP contribution in [0.3, 0.4) is 0 Å². The monoisotopic (exact) mass is 245 g/mol. The fourth-order valence-corrected chi connectivity index (χ4v) is 2.19. The minimum absolute atomic E-state index is 0. The molecule has 16 heavy (non-hydrogen) atoms. The van der Waals surface area contributed by atoms with Gasteiger partial charge in [-0.05, 0) is 38.8 Å². The van der Waals surface area contributed by atoms with E-state index in [1.807, 2.05) is 6.07 Å². The van der Waals surface area contributed by atoms with Crippen molar-refractivity contribution < 1.29 is 4.52 Å². The van der Waals surface area contributed by atoms with Crippen LogP contribution < -0.4 is 5.73 Å². The Kier molecular flexibility index (Phi) is 5.25. The van der Waals surface area contributed by atoms with E-state index in [0.717, 1.165) is 25.3 Å². The molecule has 0 spiro atoms. The van der Waals surface area contributed by atoms with Crippen LogP contribution in [0.25, 0.3) is 0 Å². The SMILES string of the molecule is CC(N)C1CCN(Cc2ccon2)CC1.Cl. The summed E-state index contributed by atoms with van der Waals surface area (Å²) in [6.45, 7) is 5.26. The third-order valence-electron chi connectivity index (χ3n) is 3.25. The second-order valence-electron chi connectivity index (χ2n) is 4.46. The molecule has 2 heterocycles. The number of hydrogen-bond donors (Lipinski definition) is 1. The Morgan fingerprint density at radius 3 is 2.75 bits per heavy atom. The number of rotatable bonds is 3. The van der Waals surface area contributed by atoms with Crippen LogP contribution in [0, 0.1) is 5.92 Å². The summed E-state index contributed by atoms with van der Waals surface area (Å²) in [5.74, 6) is 0.693. The summed E-state index contributed by atoms with van der Waals surface area (Å²) in [6.07, 6.45) is 4.04. The Bertz CT molecular complexity index is 281. The number of halogens is 1. The maximum Gasteiger partial charge on any atom is 0.124 e. The lowest BCUT2D eigenvalue weighted by atomic mass is 9.91. The summed E-state index contributed by atoms with van der Waals surface area (Å²) in [7, 11) is 0. The van der Waals surface area contributed by atoms with Gasteiger partial charge in [-0.3, -0.25) is 4.90 Å². The zero-order chi connectivity index (χ0) is 10.7. The van der Waals surface area contributed by atoms with E-state index in [-0.39, 0.29) is 12.4 Å². The Balaban J connectivity index is 0.00000128. The third-order valence-corrected chi connectivity index (χ3v) is 3.25. The van der Waals surface area contributed by atoms with Gasteiger partial charge in [-0.1, -0.05) is 5.16 Å². The van der Waals surface area contributed by atoms with E-state index in [9.17, 15) is 0 Å². The fourth-order valence-electron chi connectivity index (χ4n) is 2.19. The second-order valence-corrected chi connectivity index (χ2v) is 4.46. The molecule has 4 nitrogen and oxygen atoms in total. The number of nitrogens with two attached hydrogens (primary N) is 1. The van der Waals surface area contributed by atoms with Gasteiger partial charge in [0, 0.05) is 18.7 Å². The summed E-state index contributed by atoms with van der Waals surface area (Å²) in [5, 5.41) is 3.92. The number of likely N-dealkylation sites (tertiary alicyclic amines) is 1. The predicted molar refractivity (Wildman–Crippen MR) is 65.4 cm³/mol. The number of nitrogens with zero attached hydrogens (tertiary/aromatic N) is 2. The first-order valence-corrected chi connectivity index (χ1v) is 5.63. The van der Waals surface area contributed by atoms with Gasteiger partial charge in [0.05, 0.1) is 5.69 Å². The molecular weight excluding hydrogens is 226 g/mol. The predicted octanol–water partition coefficient (Wildman–Crippen LogP) is 1.66. The van der Waals surface area contributed by atoms with Crippen molar-refractivity contribution in [2.24, 2.45) is 11.7 Å². The molecule has 1 atom stereocenters. The summed E-state index contributed by atoms with van der Waals surface area (Å²) in [4.78, 5) is 2.41. The first-order valence-electron chi connectivity index (χ1n) is 5.63. The molecule has 0 amide bonds. The molecule has 1 aliphatic heterocycles. The van der Waals surface area contributed by atoms with Gasteiger partial charge in [0.25, 0.3) is 0 Å². The van der Waals surface area contributed by atoms with Crippen molar-refractivity contribution in [3.63, 3.8) is 0 Å². The van der Waals surface area contributed by atoms with E-state index >= 15 is 0 Å². The van der Waals surface area contributed by atoms with Gasteiger partial charge in [0.15, 0.2) is 0 Å². The second kappa shape index (κ2) is 6.23. The molecule has 1 saturated heterocycles. The maximum atomic E-state index is 5.90. The van der Waals surface area contributed by atoms with Crippen LogP contribution in [0.1, 0.15) is 25.5 Å². The van der Waals surface area contributed by atoms with Crippen LogP contribution in [-0.2, 0) is 6.54 Å². The van der Waals surface area contributed by atoms with Crippen molar-refractivity contribution in [3.05, 3.63) is 18.0 Å². The molecule has 92 valence electrons. The van der Waals surface area contributed by atoms with Crippen molar-refractivity contribution in [2.45, 2.75) is 32.4 Å². The molecule has 1 aromatic heterocycles. The quantitative estimate of drug-likeness (QED) is 0.880. The standard InChI is InChI=1S/C11H19N3O.ClH/c1-9(12)10-2-5-14(6-3-10)8-11-4-7-15-13-11;/h4,7,9-10H,2-3,5-6,8,12H2,1H3;1H. The van der Waals surface area contributed by atoms with Gasteiger partial charge in [0.2, 0.25) is 0 Å². The lowest BCUT2D eigenvalue weighted by molar-refractivity contribution is 0.162. The molecule has 2 N–H and O–H groups in total. The highest BCUT2D eigenvalue weighted by Crippen LogP contribution is 2.20. The smallest absolute Gasteiger partial charge is 0.124 e. The van der Waals surface area contributed by atoms with E-state index in [0.29, 0.717) is 12.0 Å². The Labute approximate surface area is 103 Å². The molecule has 1 unspecified atom stereocenters. The minimum Gasteiger partial charge on any atom is -0.364 e. The normalized spacial score (nSPS) is 20.4. The van der Waals surface area contributed by atoms with Gasteiger partial charge < -0.3 is 10.3 Å². The first kappa shape index (κ1) is 13.5. The molecule has 1 aliphatic rings. The van der Waals surface area contributed by atoms with Crippen molar-refractivity contribution in [1.29, 1.82) is 0 Å². The van der Waals surface area contributed by atoms with Crippen LogP contribution in [0.15, 0.2) is 16.9 Å². The molecule has 0 radical (unpaired) electrons. The summed E-state index contributed by atoms with van der Waals surface area (Å²) >= 11 is 0. The molecule has 0 saturated carbocycles. The highest BCUT2D eigenvalue weighted by Gasteiger charge is 2.22. The van der Waals surface area contributed by atoms with Gasteiger partial charge in [-0.15, -0.1) is 12.4 Å². The molecule has 1 aromatic rings. The number of piperidine rings is 1. The van der Waals surface area contributed by atoms with E-state index in [1.165, 1.54) is 12.8 Å². The van der Waals surface area contributed by atoms with Crippen LogP contribution in [0.5, 0.6) is 0 Å². The van der Waals surface area contributed by atoms with Crippen LogP contribution in [0.2, 0.25) is 0 Å². The van der Waals surface area contributed by atoms with E-state index in [1.54, 1.807) is 6.26 Å². The van der Waals surface area contributed by atoms with Crippen LogP contribution in [0.4, 0.5) is 0 Å². The third kappa shape index (κ3) is 3.47. The van der Waals surface area contributed by atoms with Crippen molar-refractivity contribution in [1.82, 2.24) is 10.1 Å². The molecule has 0 aliphatic carbocycles. The Hall–Kier alpha value is -0.580. The van der Waals surface area contributed by atoms with Crippen molar-refractivity contribution >= 4 is 12.4 Å². The Morgan fingerprint density at radius 2 is 2.25 bits per heavy atom. The highest BCUT2D eigenvalue weighted by atomic mass is 35.5. The molecule has 2 rings (SSSR count). The maximum absolute atomic E-state index is 5.90. The minimum atomic E-state index is 0. The number of hydrogen-bond acceptors (Lipinski definition) is 4. The fraction of sp³-hybridized carbons (Fsp3) is 0.727. The highest BCUT2D eigenvalue weighted by molar-refractivity contribution is 5.85. The average molecular weight is 246 g/mol. The zero-order valence-corrected chi connectivity index (χ0v) is 10.4. The van der Waals surface area contributed by atoms with Crippen LogP contribution in [-0.4, -0.2) is 29.2 Å². The van der Waals surface area contributed by atoms with E-state index in [2.05, 4.69) is 17.0 Å². The molecule has 5 heteroatoms. The first-order chi connectivity index (χ1) is 7.25. The van der Waals surface area contributed by atoms with Gasteiger partial charge in [-0.25, -0.2) is 0 Å². The average Bonchev–Trinajstić information content (AvgIpc) is 2.71. The molecular formula is C11H20ClN3O. The number of aromatic nitrogens is 1. The molecule has 0 bridgehead atoms. The Morgan fingerprint density at radius 1 is 1.56 bits per heavy atom. The molecule has 1 fully saturated rings. The van der Waals surface area contributed by atoms with Crippen LogP contribution >= 0.6 is 12.4 Å². The van der Waals surface area contributed by atoms with E-state index < -0.39 is 0 Å². The van der Waals surface area contributed by atoms with E-state index in [4.69, 9.17) is 10.3 Å². The van der Waals surface area contributed by atoms with Gasteiger partial charge >= 0.3 is 0 Å². The zero-order valence-electron chi connectivity index (χ0n) is 9.63. The van der Waals surface area contributed by atoms with Gasteiger partial charge in [-0.2, -0.15) is 0 Å². The summed E-state index contributed by atoms with van der Waals surface area (Å²) in [5.41, 5.74) is 6.93. The summed E-state index contributed by atoms with van der Waals surface area (Å²) < 4.78 is 4.82. The van der Waals surface area contributed by atoms with Crippen molar-refractivity contribution in [2.75, 3.05) is 13.1 Å². The summed E-state index contributed by atoms with van der Waals surface area (Å²) in [6, 6.07) is 2.26. The molecule has 0 aromatic carbocycles. The lowest BCUT2D eigenvalue weighted by Gasteiger charge is -2.33. The lowest BCUT2D eigenvalue weighted by Crippen LogP contribution is -2.39. The van der Waals surface area contributed by atoms with Gasteiger partial charge in [0.1, 0.15) is 6.26 Å². The van der Waals surface area contributed by atoms with Crippen molar-refractivity contribution in [3.8, 4) is 0 Å².